The van der Waals surface area contributed by atoms with Gasteiger partial charge in [0.15, 0.2) is 0 Å². The number of aryl methyl sites for hydroxylation is 2. The highest BCUT2D eigenvalue weighted by Gasteiger charge is 2.32. The number of aromatic nitrogens is 2. The lowest BCUT2D eigenvalue weighted by atomic mass is 10.00. The Bertz CT molecular complexity index is 1080. The van der Waals surface area contributed by atoms with Crippen molar-refractivity contribution in [2.75, 3.05) is 49.5 Å². The maximum absolute atomic E-state index is 12.8. The van der Waals surface area contributed by atoms with Crippen LogP contribution < -0.4 is 15.5 Å². The van der Waals surface area contributed by atoms with Gasteiger partial charge in [-0.05, 0) is 81.2 Å². The molecule has 2 aromatic rings. The summed E-state index contributed by atoms with van der Waals surface area (Å²) in [5.74, 6) is 1.16. The summed E-state index contributed by atoms with van der Waals surface area (Å²) >= 11 is 0. The second-order valence-corrected chi connectivity index (χ2v) is 10.6. The largest absolute Gasteiger partial charge is 0.480 e. The third-order valence-corrected chi connectivity index (χ3v) is 8.01. The van der Waals surface area contributed by atoms with Crippen molar-refractivity contribution >= 4 is 23.5 Å². The summed E-state index contributed by atoms with van der Waals surface area (Å²) in [6.45, 7) is 4.96. The zero-order valence-electron chi connectivity index (χ0n) is 21.4. The van der Waals surface area contributed by atoms with E-state index in [0.29, 0.717) is 31.8 Å². The predicted molar refractivity (Wildman–Crippen MR) is 143 cm³/mol. The third-order valence-electron chi connectivity index (χ3n) is 8.01. The number of hydrogen-bond acceptors (Lipinski definition) is 7. The number of amides is 1. The molecule has 0 bridgehead atoms. The molecular weight excluding hydrogens is 468 g/mol. The van der Waals surface area contributed by atoms with E-state index in [9.17, 15) is 14.7 Å². The van der Waals surface area contributed by atoms with Crippen LogP contribution in [-0.4, -0.2) is 77.2 Å². The maximum Gasteiger partial charge on any atom is 0.326 e. The van der Waals surface area contributed by atoms with E-state index in [1.807, 2.05) is 18.2 Å². The van der Waals surface area contributed by atoms with Gasteiger partial charge in [0.25, 0.3) is 0 Å². The van der Waals surface area contributed by atoms with Gasteiger partial charge in [0.05, 0.1) is 5.92 Å². The smallest absolute Gasteiger partial charge is 0.326 e. The zero-order valence-corrected chi connectivity index (χ0v) is 21.4. The van der Waals surface area contributed by atoms with Gasteiger partial charge in [0.1, 0.15) is 17.7 Å². The van der Waals surface area contributed by atoms with Crippen LogP contribution in [0.2, 0.25) is 0 Å². The van der Waals surface area contributed by atoms with Crippen molar-refractivity contribution in [3.05, 3.63) is 47.8 Å². The molecular formula is C28H38N6O3. The lowest BCUT2D eigenvalue weighted by Crippen LogP contribution is -2.45. The second-order valence-electron chi connectivity index (χ2n) is 10.6. The van der Waals surface area contributed by atoms with E-state index in [0.717, 1.165) is 69.2 Å². The first-order valence-electron chi connectivity index (χ1n) is 13.7. The van der Waals surface area contributed by atoms with Gasteiger partial charge in [-0.3, -0.25) is 4.79 Å². The quantitative estimate of drug-likeness (QED) is 0.451. The third kappa shape index (κ3) is 6.57. The molecule has 0 spiro atoms. The van der Waals surface area contributed by atoms with Gasteiger partial charge in [-0.25, -0.2) is 14.8 Å². The SMILES string of the molecule is O=C(O)C(CCN1CC[C@@H](CCc2ccc3c(n2)NCCC3)C1)NC(=O)[C@H]1CCN(c2ccccn2)C1. The summed E-state index contributed by atoms with van der Waals surface area (Å²) in [4.78, 5) is 38.4. The van der Waals surface area contributed by atoms with Gasteiger partial charge in [-0.2, -0.15) is 0 Å². The van der Waals surface area contributed by atoms with Crippen LogP contribution in [0.5, 0.6) is 0 Å². The van der Waals surface area contributed by atoms with E-state index < -0.39 is 12.0 Å². The molecule has 0 radical (unpaired) electrons. The van der Waals surface area contributed by atoms with Crippen LogP contribution in [0, 0.1) is 11.8 Å². The minimum Gasteiger partial charge on any atom is -0.480 e. The van der Waals surface area contributed by atoms with Crippen molar-refractivity contribution in [2.45, 2.75) is 51.0 Å². The molecule has 0 aliphatic carbocycles. The molecule has 9 heteroatoms. The van der Waals surface area contributed by atoms with E-state index in [4.69, 9.17) is 4.98 Å². The van der Waals surface area contributed by atoms with Crippen molar-refractivity contribution in [3.63, 3.8) is 0 Å². The Morgan fingerprint density at radius 3 is 2.92 bits per heavy atom. The molecule has 5 heterocycles. The van der Waals surface area contributed by atoms with Crippen LogP contribution in [0.3, 0.4) is 0 Å². The van der Waals surface area contributed by atoms with E-state index in [-0.39, 0.29) is 11.8 Å². The van der Waals surface area contributed by atoms with Gasteiger partial charge in [-0.15, -0.1) is 0 Å². The monoisotopic (exact) mass is 506 g/mol. The lowest BCUT2D eigenvalue weighted by molar-refractivity contribution is -0.142. The molecule has 9 nitrogen and oxygen atoms in total. The molecule has 198 valence electrons. The minimum atomic E-state index is -0.962. The fourth-order valence-electron chi connectivity index (χ4n) is 5.79. The van der Waals surface area contributed by atoms with Crippen LogP contribution in [0.25, 0.3) is 0 Å². The number of nitrogens with zero attached hydrogens (tertiary/aromatic N) is 4. The summed E-state index contributed by atoms with van der Waals surface area (Å²) in [6, 6.07) is 9.26. The fraction of sp³-hybridized carbons (Fsp3) is 0.571. The number of carboxylic acid groups (broad SMARTS) is 1. The van der Waals surface area contributed by atoms with E-state index >= 15 is 0 Å². The molecule has 0 aromatic carbocycles. The van der Waals surface area contributed by atoms with Crippen LogP contribution in [0.4, 0.5) is 11.6 Å². The van der Waals surface area contributed by atoms with Gasteiger partial charge < -0.3 is 25.5 Å². The van der Waals surface area contributed by atoms with E-state index in [1.165, 1.54) is 12.0 Å². The number of pyridine rings is 2. The number of hydrogen-bond donors (Lipinski definition) is 3. The first-order valence-corrected chi connectivity index (χ1v) is 13.7. The lowest BCUT2D eigenvalue weighted by Gasteiger charge is -2.22. The summed E-state index contributed by atoms with van der Waals surface area (Å²) in [5, 5.41) is 16.0. The molecule has 5 rings (SSSR count). The minimum absolute atomic E-state index is 0.169. The van der Waals surface area contributed by atoms with Crippen LogP contribution in [0.15, 0.2) is 36.5 Å². The van der Waals surface area contributed by atoms with Crippen molar-refractivity contribution in [3.8, 4) is 0 Å². The molecule has 3 aliphatic heterocycles. The van der Waals surface area contributed by atoms with Crippen molar-refractivity contribution in [2.24, 2.45) is 11.8 Å². The number of anilines is 2. The number of nitrogens with one attached hydrogen (secondary N) is 2. The van der Waals surface area contributed by atoms with E-state index in [2.05, 4.69) is 37.6 Å². The van der Waals surface area contributed by atoms with Crippen LogP contribution >= 0.6 is 0 Å². The highest BCUT2D eigenvalue weighted by Crippen LogP contribution is 2.25. The Labute approximate surface area is 218 Å². The average molecular weight is 507 g/mol. The van der Waals surface area contributed by atoms with Gasteiger partial charge in [-0.1, -0.05) is 12.1 Å². The molecule has 2 fully saturated rings. The van der Waals surface area contributed by atoms with Crippen molar-refractivity contribution in [1.82, 2.24) is 20.2 Å². The van der Waals surface area contributed by atoms with Crippen LogP contribution in [0.1, 0.15) is 43.4 Å². The molecule has 37 heavy (non-hydrogen) atoms. The molecule has 1 unspecified atom stereocenters. The predicted octanol–water partition coefficient (Wildman–Crippen LogP) is 2.58. The molecule has 1 amide bonds. The number of carbonyl (C=O) groups is 2. The number of carbonyl (C=O) groups excluding carboxylic acids is 1. The standard InChI is InChI=1S/C28H38N6O3/c35-27(22-11-17-34(19-22)25-5-1-2-13-29-25)32-24(28(36)37)12-16-33-15-10-20(18-33)6-8-23-9-7-21-4-3-14-30-26(21)31-23/h1-2,5,7,9,13,20,22,24H,3-4,6,8,10-12,14-19H2,(H,30,31)(H,32,35)(H,36,37)/t20-,22+,24?/m1/s1. The van der Waals surface area contributed by atoms with Gasteiger partial charge in [0, 0.05) is 44.6 Å². The highest BCUT2D eigenvalue weighted by atomic mass is 16.4. The Hall–Kier alpha value is -3.20. The summed E-state index contributed by atoms with van der Waals surface area (Å²) < 4.78 is 0. The maximum atomic E-state index is 12.8. The number of fused-ring (bicyclic) bond motifs is 1. The average Bonchev–Trinajstić information content (AvgIpc) is 3.60. The zero-order chi connectivity index (χ0) is 25.6. The normalized spacial score (nSPS) is 22.3. The molecule has 3 aliphatic rings. The van der Waals surface area contributed by atoms with Gasteiger partial charge in [0.2, 0.25) is 5.91 Å². The summed E-state index contributed by atoms with van der Waals surface area (Å²) in [6.07, 6.45) is 8.33. The first kappa shape index (κ1) is 25.4. The van der Waals surface area contributed by atoms with Gasteiger partial charge >= 0.3 is 5.97 Å². The van der Waals surface area contributed by atoms with Crippen LogP contribution in [-0.2, 0) is 22.4 Å². The van der Waals surface area contributed by atoms with E-state index in [1.54, 1.807) is 6.20 Å². The molecule has 2 aromatic heterocycles. The number of carboxylic acids is 1. The summed E-state index contributed by atoms with van der Waals surface area (Å²) in [7, 11) is 0. The Kier molecular flexibility index (Phi) is 8.18. The topological polar surface area (TPSA) is 111 Å². The molecule has 3 atom stereocenters. The Morgan fingerprint density at radius 1 is 1.16 bits per heavy atom. The first-order chi connectivity index (χ1) is 18.0. The van der Waals surface area contributed by atoms with Crippen molar-refractivity contribution in [1.29, 1.82) is 0 Å². The number of aliphatic carboxylic acids is 1. The Balaban J connectivity index is 1.04. The molecule has 0 saturated carbocycles. The molecule has 3 N–H and O–H groups in total. The fourth-order valence-corrected chi connectivity index (χ4v) is 5.79. The highest BCUT2D eigenvalue weighted by molar-refractivity contribution is 5.85. The van der Waals surface area contributed by atoms with Crippen molar-refractivity contribution < 1.29 is 14.7 Å². The summed E-state index contributed by atoms with van der Waals surface area (Å²) in [5.41, 5.74) is 2.47. The number of likely N-dealkylation sites (tertiary alicyclic amines) is 1. The number of rotatable bonds is 10. The molecule has 2 saturated heterocycles. The second kappa shape index (κ2) is 11.9. The Morgan fingerprint density at radius 2 is 2.08 bits per heavy atom.